The molecule has 1 saturated heterocycles. The van der Waals surface area contributed by atoms with Crippen molar-refractivity contribution in [3.63, 3.8) is 0 Å². The van der Waals surface area contributed by atoms with Crippen LogP contribution < -0.4 is 4.90 Å². The number of aromatic nitrogens is 1. The fourth-order valence-electron chi connectivity index (χ4n) is 2.80. The van der Waals surface area contributed by atoms with E-state index in [4.69, 9.17) is 0 Å². The maximum Gasteiger partial charge on any atom is 0.164 e. The van der Waals surface area contributed by atoms with Gasteiger partial charge >= 0.3 is 0 Å². The van der Waals surface area contributed by atoms with Gasteiger partial charge in [0, 0.05) is 18.8 Å². The summed E-state index contributed by atoms with van der Waals surface area (Å²) in [4.78, 5) is 6.29. The molecule has 0 aromatic carbocycles. The van der Waals surface area contributed by atoms with Gasteiger partial charge in [0.25, 0.3) is 0 Å². The monoisotopic (exact) mass is 234 g/mol. The number of piperidine rings is 1. The maximum atomic E-state index is 13.8. The standard InChI is InChI=1S/C14H19FN2/c1-2-11-9-13(12(15)10-16-11)17-7-5-14(3-4-14)6-8-17/h9-10H,2-8H2,1H3. The zero-order valence-corrected chi connectivity index (χ0v) is 10.4. The molecule has 1 saturated carbocycles. The van der Waals surface area contributed by atoms with Crippen LogP contribution in [0, 0.1) is 11.2 Å². The highest BCUT2D eigenvalue weighted by molar-refractivity contribution is 5.48. The normalized spacial score (nSPS) is 21.9. The minimum Gasteiger partial charge on any atom is -0.369 e. The minimum absolute atomic E-state index is 0.172. The van der Waals surface area contributed by atoms with Gasteiger partial charge in [0.05, 0.1) is 11.9 Å². The average molecular weight is 234 g/mol. The molecule has 0 atom stereocenters. The predicted octanol–water partition coefficient (Wildman–Crippen LogP) is 3.16. The molecule has 1 aromatic rings. The summed E-state index contributed by atoms with van der Waals surface area (Å²) in [7, 11) is 0. The third-order valence-corrected chi connectivity index (χ3v) is 4.38. The van der Waals surface area contributed by atoms with Crippen LogP contribution >= 0.6 is 0 Å². The molecule has 1 aromatic heterocycles. The van der Waals surface area contributed by atoms with Crippen molar-refractivity contribution in [2.24, 2.45) is 5.41 Å². The number of hydrogen-bond acceptors (Lipinski definition) is 2. The van der Waals surface area contributed by atoms with Gasteiger partial charge in [0.1, 0.15) is 0 Å². The topological polar surface area (TPSA) is 16.1 Å². The van der Waals surface area contributed by atoms with Gasteiger partial charge in [-0.1, -0.05) is 6.92 Å². The molecular weight excluding hydrogens is 215 g/mol. The van der Waals surface area contributed by atoms with Crippen LogP contribution in [0.15, 0.2) is 12.3 Å². The molecule has 0 amide bonds. The van der Waals surface area contributed by atoms with Gasteiger partial charge in [-0.05, 0) is 43.6 Å². The van der Waals surface area contributed by atoms with Crippen LogP contribution in [0.25, 0.3) is 0 Å². The lowest BCUT2D eigenvalue weighted by molar-refractivity contribution is 0.382. The first-order valence-corrected chi connectivity index (χ1v) is 6.62. The van der Waals surface area contributed by atoms with Crippen molar-refractivity contribution in [3.8, 4) is 0 Å². The summed E-state index contributed by atoms with van der Waals surface area (Å²) in [6.45, 7) is 4.06. The molecule has 0 bridgehead atoms. The van der Waals surface area contributed by atoms with Gasteiger partial charge in [-0.3, -0.25) is 4.98 Å². The summed E-state index contributed by atoms with van der Waals surface area (Å²) in [6, 6.07) is 1.92. The van der Waals surface area contributed by atoms with E-state index in [1.54, 1.807) is 0 Å². The summed E-state index contributed by atoms with van der Waals surface area (Å²) in [6.07, 6.45) is 7.48. The Kier molecular flexibility index (Phi) is 2.57. The molecule has 2 heterocycles. The fraction of sp³-hybridized carbons (Fsp3) is 0.643. The van der Waals surface area contributed by atoms with Crippen LogP contribution in [-0.4, -0.2) is 18.1 Å². The first-order chi connectivity index (χ1) is 8.22. The quantitative estimate of drug-likeness (QED) is 0.781. The summed E-state index contributed by atoms with van der Waals surface area (Å²) in [5, 5.41) is 0. The Labute approximate surface area is 102 Å². The zero-order valence-electron chi connectivity index (χ0n) is 10.4. The zero-order chi connectivity index (χ0) is 11.9. The van der Waals surface area contributed by atoms with Crippen molar-refractivity contribution in [1.82, 2.24) is 4.98 Å². The van der Waals surface area contributed by atoms with Crippen molar-refractivity contribution in [2.75, 3.05) is 18.0 Å². The fourth-order valence-corrected chi connectivity index (χ4v) is 2.80. The lowest BCUT2D eigenvalue weighted by Gasteiger charge is -2.34. The van der Waals surface area contributed by atoms with Crippen molar-refractivity contribution in [2.45, 2.75) is 39.0 Å². The van der Waals surface area contributed by atoms with E-state index in [1.807, 2.05) is 6.07 Å². The van der Waals surface area contributed by atoms with E-state index in [2.05, 4.69) is 16.8 Å². The van der Waals surface area contributed by atoms with Gasteiger partial charge in [0.15, 0.2) is 5.82 Å². The lowest BCUT2D eigenvalue weighted by atomic mass is 9.93. The largest absolute Gasteiger partial charge is 0.369 e. The maximum absolute atomic E-state index is 13.8. The molecule has 0 radical (unpaired) electrons. The van der Waals surface area contributed by atoms with E-state index in [0.29, 0.717) is 5.41 Å². The lowest BCUT2D eigenvalue weighted by Crippen LogP contribution is -2.35. The number of rotatable bonds is 2. The first kappa shape index (κ1) is 11.0. The van der Waals surface area contributed by atoms with Crippen molar-refractivity contribution in [1.29, 1.82) is 0 Å². The van der Waals surface area contributed by atoms with E-state index in [-0.39, 0.29) is 5.82 Å². The second kappa shape index (κ2) is 3.97. The molecular formula is C14H19FN2. The molecule has 92 valence electrons. The minimum atomic E-state index is -0.172. The van der Waals surface area contributed by atoms with Crippen molar-refractivity contribution < 1.29 is 4.39 Å². The van der Waals surface area contributed by atoms with Crippen molar-refractivity contribution >= 4 is 5.69 Å². The number of halogens is 1. The predicted molar refractivity (Wildman–Crippen MR) is 66.7 cm³/mol. The molecule has 0 unspecified atom stereocenters. The number of hydrogen-bond donors (Lipinski definition) is 0. The molecule has 3 rings (SSSR count). The van der Waals surface area contributed by atoms with Gasteiger partial charge in [0.2, 0.25) is 0 Å². The summed E-state index contributed by atoms with van der Waals surface area (Å²) in [5.41, 5.74) is 2.38. The van der Waals surface area contributed by atoms with Crippen LogP contribution in [-0.2, 0) is 6.42 Å². The Balaban J connectivity index is 1.79. The highest BCUT2D eigenvalue weighted by Gasteiger charge is 2.44. The molecule has 1 aliphatic carbocycles. The van der Waals surface area contributed by atoms with E-state index in [1.165, 1.54) is 31.9 Å². The molecule has 1 aliphatic heterocycles. The highest BCUT2D eigenvalue weighted by Crippen LogP contribution is 2.53. The Morgan fingerprint density at radius 3 is 2.59 bits per heavy atom. The van der Waals surface area contributed by atoms with E-state index in [0.717, 1.165) is 30.9 Å². The molecule has 2 fully saturated rings. The van der Waals surface area contributed by atoms with Gasteiger partial charge in [-0.25, -0.2) is 4.39 Å². The van der Waals surface area contributed by atoms with Crippen LogP contribution in [0.1, 0.15) is 38.3 Å². The number of nitrogens with zero attached hydrogens (tertiary/aromatic N) is 2. The SMILES string of the molecule is CCc1cc(N2CCC3(CC2)CC3)c(F)cn1. The Morgan fingerprint density at radius 2 is 2.00 bits per heavy atom. The number of anilines is 1. The molecule has 0 N–H and O–H groups in total. The summed E-state index contributed by atoms with van der Waals surface area (Å²) < 4.78 is 13.8. The molecule has 17 heavy (non-hydrogen) atoms. The van der Waals surface area contributed by atoms with Crippen molar-refractivity contribution in [3.05, 3.63) is 23.8 Å². The smallest absolute Gasteiger partial charge is 0.164 e. The third-order valence-electron chi connectivity index (χ3n) is 4.38. The van der Waals surface area contributed by atoms with Crippen LogP contribution in [0.5, 0.6) is 0 Å². The molecule has 3 heteroatoms. The van der Waals surface area contributed by atoms with Crippen LogP contribution in [0.4, 0.5) is 10.1 Å². The summed E-state index contributed by atoms with van der Waals surface area (Å²) in [5.74, 6) is -0.172. The Hall–Kier alpha value is -1.12. The van der Waals surface area contributed by atoms with E-state index < -0.39 is 0 Å². The second-order valence-corrected chi connectivity index (χ2v) is 5.47. The van der Waals surface area contributed by atoms with E-state index in [9.17, 15) is 4.39 Å². The molecule has 2 aliphatic rings. The Bertz CT molecular complexity index is 416. The first-order valence-electron chi connectivity index (χ1n) is 6.62. The van der Waals surface area contributed by atoms with Gasteiger partial charge in [-0.2, -0.15) is 0 Å². The van der Waals surface area contributed by atoms with Gasteiger partial charge in [-0.15, -0.1) is 0 Å². The average Bonchev–Trinajstić information content (AvgIpc) is 3.11. The Morgan fingerprint density at radius 1 is 1.29 bits per heavy atom. The van der Waals surface area contributed by atoms with Crippen LogP contribution in [0.2, 0.25) is 0 Å². The number of aryl methyl sites for hydroxylation is 1. The molecule has 2 nitrogen and oxygen atoms in total. The second-order valence-electron chi connectivity index (χ2n) is 5.47. The third kappa shape index (κ3) is 2.03. The van der Waals surface area contributed by atoms with E-state index >= 15 is 0 Å². The summed E-state index contributed by atoms with van der Waals surface area (Å²) >= 11 is 0. The molecule has 1 spiro atoms. The van der Waals surface area contributed by atoms with Gasteiger partial charge < -0.3 is 4.90 Å². The van der Waals surface area contributed by atoms with Crippen LogP contribution in [0.3, 0.4) is 0 Å². The highest BCUT2D eigenvalue weighted by atomic mass is 19.1. The number of pyridine rings is 1.